The van der Waals surface area contributed by atoms with E-state index in [2.05, 4.69) is 15.2 Å². The lowest BCUT2D eigenvalue weighted by Gasteiger charge is -2.36. The number of piperidine rings is 1. The first-order valence-corrected chi connectivity index (χ1v) is 12.5. The average Bonchev–Trinajstić information content (AvgIpc) is 3.49. The molecule has 5 nitrogen and oxygen atoms in total. The van der Waals surface area contributed by atoms with Crippen LogP contribution in [0.2, 0.25) is 0 Å². The van der Waals surface area contributed by atoms with E-state index in [0.717, 1.165) is 37.5 Å². The fourth-order valence-electron chi connectivity index (χ4n) is 5.70. The molecule has 1 aliphatic heterocycles. The molecule has 3 aromatic rings. The van der Waals surface area contributed by atoms with Crippen LogP contribution in [0.4, 0.5) is 13.2 Å². The number of likely N-dealkylation sites (tertiary alicyclic amines) is 1. The number of halogens is 3. The van der Waals surface area contributed by atoms with E-state index in [9.17, 15) is 18.0 Å². The normalized spacial score (nSPS) is 18.4. The minimum atomic E-state index is -4.65. The summed E-state index contributed by atoms with van der Waals surface area (Å²) in [6.07, 6.45) is 2.43. The van der Waals surface area contributed by atoms with Crippen molar-refractivity contribution in [1.29, 1.82) is 0 Å². The van der Waals surface area contributed by atoms with Crippen LogP contribution >= 0.6 is 0 Å². The van der Waals surface area contributed by atoms with Crippen LogP contribution in [0.1, 0.15) is 60.3 Å². The van der Waals surface area contributed by atoms with Gasteiger partial charge in [0, 0.05) is 18.3 Å². The Kier molecular flexibility index (Phi) is 6.57. The van der Waals surface area contributed by atoms with Gasteiger partial charge in [-0.25, -0.2) is 4.98 Å². The number of hydrogen-bond acceptors (Lipinski definition) is 3. The monoisotopic (exact) mass is 484 g/mol. The van der Waals surface area contributed by atoms with Crippen LogP contribution < -0.4 is 5.32 Å². The predicted octanol–water partition coefficient (Wildman–Crippen LogP) is 5.74. The van der Waals surface area contributed by atoms with E-state index in [4.69, 9.17) is 0 Å². The highest BCUT2D eigenvalue weighted by atomic mass is 19.4. The molecular weight excluding hydrogens is 453 g/mol. The van der Waals surface area contributed by atoms with Gasteiger partial charge >= 0.3 is 6.18 Å². The van der Waals surface area contributed by atoms with Gasteiger partial charge in [-0.15, -0.1) is 0 Å². The van der Waals surface area contributed by atoms with Crippen LogP contribution in [0, 0.1) is 12.8 Å². The van der Waals surface area contributed by atoms with Gasteiger partial charge in [-0.1, -0.05) is 25.0 Å². The summed E-state index contributed by atoms with van der Waals surface area (Å²) < 4.78 is 43.7. The molecule has 2 heterocycles. The summed E-state index contributed by atoms with van der Waals surface area (Å²) >= 11 is 0. The van der Waals surface area contributed by atoms with Gasteiger partial charge in [0.05, 0.1) is 22.2 Å². The second-order valence-corrected chi connectivity index (χ2v) is 9.84. The van der Waals surface area contributed by atoms with Gasteiger partial charge in [0.25, 0.3) is 5.91 Å². The maximum Gasteiger partial charge on any atom is 0.417 e. The smallest absolute Gasteiger partial charge is 0.352 e. The Labute approximate surface area is 203 Å². The van der Waals surface area contributed by atoms with Crippen molar-refractivity contribution in [2.75, 3.05) is 19.6 Å². The van der Waals surface area contributed by atoms with E-state index in [1.165, 1.54) is 31.7 Å². The SMILES string of the molecule is Cc1nc2ccccc2n1-c1ccc(C(=O)NCC2CCN(C3CCCC3)CC2)c(C(F)(F)F)c1. The van der Waals surface area contributed by atoms with Crippen molar-refractivity contribution in [3.63, 3.8) is 0 Å². The number of hydrogen-bond donors (Lipinski definition) is 1. The van der Waals surface area contributed by atoms with Gasteiger partial charge in [0.2, 0.25) is 0 Å². The minimum Gasteiger partial charge on any atom is -0.352 e. The van der Waals surface area contributed by atoms with Crippen molar-refractivity contribution in [2.45, 2.75) is 57.7 Å². The first-order valence-electron chi connectivity index (χ1n) is 12.5. The fourth-order valence-corrected chi connectivity index (χ4v) is 5.70. The third-order valence-corrected chi connectivity index (χ3v) is 7.58. The molecule has 1 amide bonds. The molecule has 1 saturated heterocycles. The first-order chi connectivity index (χ1) is 16.8. The minimum absolute atomic E-state index is 0.296. The van der Waals surface area contributed by atoms with Crippen LogP contribution in [-0.4, -0.2) is 46.0 Å². The highest BCUT2D eigenvalue weighted by Gasteiger charge is 2.36. The van der Waals surface area contributed by atoms with Gasteiger partial charge in [-0.3, -0.25) is 9.36 Å². The van der Waals surface area contributed by atoms with Crippen LogP contribution in [0.5, 0.6) is 0 Å². The number of carbonyl (C=O) groups excluding carboxylic acids is 1. The van der Waals surface area contributed by atoms with Gasteiger partial charge in [-0.05, 0) is 81.9 Å². The molecule has 0 radical (unpaired) electrons. The van der Waals surface area contributed by atoms with Crippen molar-refractivity contribution < 1.29 is 18.0 Å². The van der Waals surface area contributed by atoms with Crippen molar-refractivity contribution in [2.24, 2.45) is 5.92 Å². The zero-order valence-corrected chi connectivity index (χ0v) is 19.9. The van der Waals surface area contributed by atoms with E-state index < -0.39 is 17.6 Å². The lowest BCUT2D eigenvalue weighted by atomic mass is 9.95. The lowest BCUT2D eigenvalue weighted by molar-refractivity contribution is -0.137. The van der Waals surface area contributed by atoms with Crippen LogP contribution in [-0.2, 0) is 6.18 Å². The summed E-state index contributed by atoms with van der Waals surface area (Å²) in [6, 6.07) is 11.9. The summed E-state index contributed by atoms with van der Waals surface area (Å²) in [7, 11) is 0. The number of fused-ring (bicyclic) bond motifs is 1. The van der Waals surface area contributed by atoms with E-state index in [0.29, 0.717) is 35.5 Å². The molecule has 186 valence electrons. The summed E-state index contributed by atoms with van der Waals surface area (Å²) in [5, 5.41) is 2.78. The van der Waals surface area contributed by atoms with Crippen molar-refractivity contribution in [1.82, 2.24) is 19.8 Å². The third kappa shape index (κ3) is 4.94. The largest absolute Gasteiger partial charge is 0.417 e. The first kappa shape index (κ1) is 23.9. The molecule has 35 heavy (non-hydrogen) atoms. The van der Waals surface area contributed by atoms with E-state index in [1.807, 2.05) is 24.3 Å². The maximum absolute atomic E-state index is 14.0. The molecule has 2 fully saturated rings. The topological polar surface area (TPSA) is 50.2 Å². The molecule has 1 aromatic heterocycles. The number of aromatic nitrogens is 2. The summed E-state index contributed by atoms with van der Waals surface area (Å²) in [6.45, 7) is 4.17. The molecule has 2 aliphatic rings. The number of nitrogens with zero attached hydrogens (tertiary/aromatic N) is 3. The maximum atomic E-state index is 14.0. The van der Waals surface area contributed by atoms with Gasteiger partial charge in [0.1, 0.15) is 5.82 Å². The number of imidazole rings is 1. The summed E-state index contributed by atoms with van der Waals surface area (Å²) in [5.74, 6) is 0.208. The zero-order chi connectivity index (χ0) is 24.6. The summed E-state index contributed by atoms with van der Waals surface area (Å²) in [5.41, 5.74) is 0.491. The molecule has 2 aromatic carbocycles. The number of para-hydroxylation sites is 2. The molecule has 0 unspecified atom stereocenters. The molecule has 1 aliphatic carbocycles. The van der Waals surface area contributed by atoms with E-state index in [1.54, 1.807) is 17.6 Å². The number of carbonyl (C=O) groups is 1. The second-order valence-electron chi connectivity index (χ2n) is 9.84. The highest BCUT2D eigenvalue weighted by molar-refractivity contribution is 5.96. The molecule has 0 atom stereocenters. The summed E-state index contributed by atoms with van der Waals surface area (Å²) in [4.78, 5) is 19.9. The Hall–Kier alpha value is -2.87. The number of amides is 1. The van der Waals surface area contributed by atoms with E-state index >= 15 is 0 Å². The zero-order valence-electron chi connectivity index (χ0n) is 19.9. The van der Waals surface area contributed by atoms with Crippen molar-refractivity contribution >= 4 is 16.9 Å². The third-order valence-electron chi connectivity index (χ3n) is 7.58. The molecule has 8 heteroatoms. The molecule has 1 saturated carbocycles. The van der Waals surface area contributed by atoms with Gasteiger partial charge in [0.15, 0.2) is 0 Å². The number of nitrogens with one attached hydrogen (secondary N) is 1. The Morgan fingerprint density at radius 3 is 2.49 bits per heavy atom. The Morgan fingerprint density at radius 1 is 1.06 bits per heavy atom. The van der Waals surface area contributed by atoms with Crippen molar-refractivity contribution in [3.05, 3.63) is 59.4 Å². The fraction of sp³-hybridized carbons (Fsp3) is 0.481. The highest BCUT2D eigenvalue weighted by Crippen LogP contribution is 2.35. The van der Waals surface area contributed by atoms with Crippen LogP contribution in [0.25, 0.3) is 16.7 Å². The molecular formula is C27H31F3N4O. The standard InChI is InChI=1S/C27H31F3N4O/c1-18-32-24-8-4-5-9-25(24)34(18)21-10-11-22(23(16-21)27(28,29)30)26(35)31-17-19-12-14-33(15-13-19)20-6-2-3-7-20/h4-5,8-11,16,19-20H,2-3,6-7,12-15,17H2,1H3,(H,31,35). The predicted molar refractivity (Wildman–Crippen MR) is 130 cm³/mol. The molecule has 0 spiro atoms. The number of rotatable bonds is 5. The van der Waals surface area contributed by atoms with E-state index in [-0.39, 0.29) is 5.56 Å². The lowest BCUT2D eigenvalue weighted by Crippen LogP contribution is -2.42. The quantitative estimate of drug-likeness (QED) is 0.503. The van der Waals surface area contributed by atoms with Crippen LogP contribution in [0.3, 0.4) is 0 Å². The molecule has 5 rings (SSSR count). The Balaban J connectivity index is 1.31. The van der Waals surface area contributed by atoms with Gasteiger partial charge < -0.3 is 10.2 Å². The Morgan fingerprint density at radius 2 is 1.77 bits per heavy atom. The van der Waals surface area contributed by atoms with Gasteiger partial charge in [-0.2, -0.15) is 13.2 Å². The second kappa shape index (κ2) is 9.64. The molecule has 1 N–H and O–H groups in total. The van der Waals surface area contributed by atoms with Crippen molar-refractivity contribution in [3.8, 4) is 5.69 Å². The van der Waals surface area contributed by atoms with Crippen LogP contribution in [0.15, 0.2) is 42.5 Å². The number of aryl methyl sites for hydroxylation is 1. The average molecular weight is 485 g/mol. The number of benzene rings is 2. The number of alkyl halides is 3. The molecule has 0 bridgehead atoms. The Bertz CT molecular complexity index is 1200.